The van der Waals surface area contributed by atoms with Gasteiger partial charge in [-0.2, -0.15) is 0 Å². The van der Waals surface area contributed by atoms with Crippen LogP contribution in [0.25, 0.3) is 0 Å². The number of allylic oxidation sites excluding steroid dienone is 4. The van der Waals surface area contributed by atoms with Crippen molar-refractivity contribution in [3.8, 4) is 0 Å². The van der Waals surface area contributed by atoms with E-state index in [0.29, 0.717) is 17.0 Å². The first-order valence-electron chi connectivity index (χ1n) is 6.13. The quantitative estimate of drug-likeness (QED) is 0.585. The lowest BCUT2D eigenvalue weighted by molar-refractivity contribution is -0.111. The average molecular weight is 307 g/mol. The molecule has 5 heteroatoms. The number of hydrogen-bond acceptors (Lipinski definition) is 3. The van der Waals surface area contributed by atoms with Crippen molar-refractivity contribution in [2.75, 3.05) is 5.73 Å². The molecule has 0 unspecified atom stereocenters. The molecule has 0 fully saturated rings. The summed E-state index contributed by atoms with van der Waals surface area (Å²) in [5.41, 5.74) is 9.17. The number of benzene rings is 1. The van der Waals surface area contributed by atoms with Crippen LogP contribution < -0.4 is 5.73 Å². The summed E-state index contributed by atoms with van der Waals surface area (Å²) in [6, 6.07) is 5.54. The van der Waals surface area contributed by atoms with Crippen LogP contribution in [0.15, 0.2) is 44.9 Å². The Morgan fingerprint density at radius 1 is 1.25 bits per heavy atom. The van der Waals surface area contributed by atoms with Crippen molar-refractivity contribution in [2.24, 2.45) is 4.99 Å². The molecule has 0 saturated carbocycles. The van der Waals surface area contributed by atoms with Crippen molar-refractivity contribution in [1.82, 2.24) is 0 Å². The zero-order chi connectivity index (χ0) is 14.7. The zero-order valence-corrected chi connectivity index (χ0v) is 12.5. The molecule has 0 aromatic heterocycles. The molecule has 20 heavy (non-hydrogen) atoms. The van der Waals surface area contributed by atoms with E-state index in [-0.39, 0.29) is 15.8 Å². The highest BCUT2D eigenvalue weighted by atomic mass is 35.5. The minimum atomic E-state index is -0.456. The Balaban J connectivity index is 2.36. The third kappa shape index (κ3) is 1.74. The maximum absolute atomic E-state index is 12.0. The molecule has 2 aliphatic rings. The summed E-state index contributed by atoms with van der Waals surface area (Å²) in [5, 5.41) is 0.224. The second kappa shape index (κ2) is 4.21. The van der Waals surface area contributed by atoms with Crippen molar-refractivity contribution >= 4 is 46.1 Å². The zero-order valence-electron chi connectivity index (χ0n) is 11.0. The van der Waals surface area contributed by atoms with Gasteiger partial charge in [0, 0.05) is 16.7 Å². The van der Waals surface area contributed by atoms with Gasteiger partial charge in [-0.05, 0) is 29.8 Å². The number of hydrogen-bond donors (Lipinski definition) is 1. The minimum absolute atomic E-state index is 0.0900. The van der Waals surface area contributed by atoms with Gasteiger partial charge in [0.25, 0.3) is 0 Å². The molecule has 0 saturated heterocycles. The molecule has 102 valence electrons. The second-order valence-electron chi connectivity index (χ2n) is 5.41. The van der Waals surface area contributed by atoms with Crippen LogP contribution in [0.1, 0.15) is 19.4 Å². The number of ketones is 1. The summed E-state index contributed by atoms with van der Waals surface area (Å²) in [6.07, 6.45) is 1.58. The van der Waals surface area contributed by atoms with Crippen molar-refractivity contribution in [3.63, 3.8) is 0 Å². The highest BCUT2D eigenvalue weighted by molar-refractivity contribution is 6.58. The summed E-state index contributed by atoms with van der Waals surface area (Å²) < 4.78 is 0. The standard InChI is InChI=1S/C15H12Cl2N2O/c1-15(2)8-5-7(18)3-4-10(8)19-11-6-9(16)14(20)13(17)12(11)15/h3-6H,18H2,1-2H3. The molecule has 3 nitrogen and oxygen atoms in total. The molecule has 0 amide bonds. The summed E-state index contributed by atoms with van der Waals surface area (Å²) in [5.74, 6) is -0.359. The van der Waals surface area contributed by atoms with Gasteiger partial charge in [-0.15, -0.1) is 0 Å². The molecule has 1 heterocycles. The number of fused-ring (bicyclic) bond motifs is 2. The predicted molar refractivity (Wildman–Crippen MR) is 82.8 cm³/mol. The molecule has 2 N–H and O–H groups in total. The molecule has 1 aliphatic carbocycles. The lowest BCUT2D eigenvalue weighted by Crippen LogP contribution is -2.32. The van der Waals surface area contributed by atoms with Gasteiger partial charge in [0.2, 0.25) is 5.78 Å². The number of rotatable bonds is 0. The molecule has 3 rings (SSSR count). The van der Waals surface area contributed by atoms with Crippen LogP contribution in [0.3, 0.4) is 0 Å². The first-order chi connectivity index (χ1) is 9.32. The number of carbonyl (C=O) groups is 1. The molecular formula is C15H12Cl2N2O. The van der Waals surface area contributed by atoms with Crippen molar-refractivity contribution in [3.05, 3.63) is 45.5 Å². The molecule has 1 aliphatic heterocycles. The second-order valence-corrected chi connectivity index (χ2v) is 6.19. The molecule has 0 spiro atoms. The molecule has 0 radical (unpaired) electrons. The fourth-order valence-electron chi connectivity index (χ4n) is 2.69. The molecular weight excluding hydrogens is 295 g/mol. The van der Waals surface area contributed by atoms with Gasteiger partial charge < -0.3 is 5.73 Å². The third-order valence-electron chi connectivity index (χ3n) is 3.72. The fraction of sp³-hybridized carbons (Fsp3) is 0.200. The smallest absolute Gasteiger partial charge is 0.216 e. The molecule has 1 aromatic rings. The van der Waals surface area contributed by atoms with Gasteiger partial charge in [0.1, 0.15) is 0 Å². The Kier molecular flexibility index (Phi) is 2.82. The lowest BCUT2D eigenvalue weighted by Gasteiger charge is -2.36. The Hall–Kier alpha value is -1.58. The highest BCUT2D eigenvalue weighted by Crippen LogP contribution is 2.47. The number of halogens is 2. The van der Waals surface area contributed by atoms with Gasteiger partial charge in [0.05, 0.1) is 21.5 Å². The first kappa shape index (κ1) is 13.4. The van der Waals surface area contributed by atoms with E-state index in [1.807, 2.05) is 26.0 Å². The van der Waals surface area contributed by atoms with Gasteiger partial charge in [-0.3, -0.25) is 4.79 Å². The number of aliphatic imine (C=N–C) groups is 1. The topological polar surface area (TPSA) is 55.5 Å². The van der Waals surface area contributed by atoms with Gasteiger partial charge in [-0.1, -0.05) is 37.0 Å². The Morgan fingerprint density at radius 2 is 1.95 bits per heavy atom. The van der Waals surface area contributed by atoms with E-state index in [2.05, 4.69) is 4.99 Å². The van der Waals surface area contributed by atoms with Crippen LogP contribution >= 0.6 is 23.2 Å². The summed E-state index contributed by atoms with van der Waals surface area (Å²) >= 11 is 12.1. The summed E-state index contributed by atoms with van der Waals surface area (Å²) in [7, 11) is 0. The Morgan fingerprint density at radius 3 is 2.65 bits per heavy atom. The average Bonchev–Trinajstić information content (AvgIpc) is 2.37. The molecule has 0 atom stereocenters. The van der Waals surface area contributed by atoms with Crippen molar-refractivity contribution in [2.45, 2.75) is 19.3 Å². The highest BCUT2D eigenvalue weighted by Gasteiger charge is 2.40. The number of nitrogens with two attached hydrogens (primary N) is 1. The predicted octanol–water partition coefficient (Wildman–Crippen LogP) is 3.83. The van der Waals surface area contributed by atoms with Crippen LogP contribution in [0.2, 0.25) is 0 Å². The van der Waals surface area contributed by atoms with Crippen LogP contribution in [0, 0.1) is 0 Å². The SMILES string of the molecule is CC1(C)C2=C(Cl)C(=O)C(Cl)=CC2=Nc2ccc(N)cc21. The fourth-order valence-corrected chi connectivity index (χ4v) is 3.37. The van der Waals surface area contributed by atoms with E-state index in [0.717, 1.165) is 11.3 Å². The maximum Gasteiger partial charge on any atom is 0.216 e. The van der Waals surface area contributed by atoms with E-state index in [9.17, 15) is 4.79 Å². The first-order valence-corrected chi connectivity index (χ1v) is 6.89. The van der Waals surface area contributed by atoms with Crippen LogP contribution in [0.5, 0.6) is 0 Å². The van der Waals surface area contributed by atoms with E-state index < -0.39 is 5.41 Å². The maximum atomic E-state index is 12.0. The molecule has 1 aromatic carbocycles. The van der Waals surface area contributed by atoms with Crippen LogP contribution in [-0.4, -0.2) is 11.5 Å². The van der Waals surface area contributed by atoms with Gasteiger partial charge >= 0.3 is 0 Å². The Labute approximate surface area is 126 Å². The van der Waals surface area contributed by atoms with Crippen molar-refractivity contribution < 1.29 is 4.79 Å². The van der Waals surface area contributed by atoms with E-state index in [1.54, 1.807) is 12.1 Å². The number of anilines is 1. The summed E-state index contributed by atoms with van der Waals surface area (Å²) in [6.45, 7) is 4.00. The van der Waals surface area contributed by atoms with Crippen LogP contribution in [0.4, 0.5) is 11.4 Å². The van der Waals surface area contributed by atoms with Crippen LogP contribution in [-0.2, 0) is 10.2 Å². The third-order valence-corrected chi connectivity index (χ3v) is 4.36. The number of nitrogen functional groups attached to an aromatic ring is 1. The lowest BCUT2D eigenvalue weighted by atomic mass is 9.71. The van der Waals surface area contributed by atoms with E-state index >= 15 is 0 Å². The van der Waals surface area contributed by atoms with E-state index in [4.69, 9.17) is 28.9 Å². The number of Topliss-reactive ketones (excluding diaryl/α,β-unsaturated/α-hetero) is 1. The minimum Gasteiger partial charge on any atom is -0.399 e. The normalized spacial score (nSPS) is 20.1. The largest absolute Gasteiger partial charge is 0.399 e. The number of nitrogens with zero attached hydrogens (tertiary/aromatic N) is 1. The summed E-state index contributed by atoms with van der Waals surface area (Å²) in [4.78, 5) is 16.5. The van der Waals surface area contributed by atoms with Crippen molar-refractivity contribution in [1.29, 1.82) is 0 Å². The van der Waals surface area contributed by atoms with Gasteiger partial charge in [0.15, 0.2) is 0 Å². The Bertz CT molecular complexity index is 742. The van der Waals surface area contributed by atoms with Gasteiger partial charge in [-0.25, -0.2) is 4.99 Å². The molecule has 0 bridgehead atoms. The van der Waals surface area contributed by atoms with E-state index in [1.165, 1.54) is 0 Å². The monoisotopic (exact) mass is 306 g/mol. The number of carbonyl (C=O) groups excluding carboxylic acids is 1.